The molecule has 0 saturated carbocycles. The number of amides is 1. The summed E-state index contributed by atoms with van der Waals surface area (Å²) in [5.74, 6) is -0.523. The molecule has 0 fully saturated rings. The highest BCUT2D eigenvalue weighted by molar-refractivity contribution is 7.80. The first kappa shape index (κ1) is 10.1. The molecule has 0 aliphatic carbocycles. The lowest BCUT2D eigenvalue weighted by Crippen LogP contribution is -2.47. The van der Waals surface area contributed by atoms with Crippen LogP contribution in [-0.2, 0) is 4.79 Å². The van der Waals surface area contributed by atoms with Gasteiger partial charge in [0.2, 0.25) is 0 Å². The minimum atomic E-state index is -0.554. The highest BCUT2D eigenvalue weighted by atomic mass is 32.1. The maximum atomic E-state index is 10.4. The Morgan fingerprint density at radius 1 is 1.55 bits per heavy atom. The predicted molar refractivity (Wildman–Crippen MR) is 44.6 cm³/mol. The standard InChI is InChI=1S/C5H11N3O2S/c1-2-6-5(11)8-7-4(10)3-9/h9H,2-3H2,1H3,(H,7,10)(H2,6,8,11). The average molecular weight is 177 g/mol. The minimum Gasteiger partial charge on any atom is -0.386 e. The van der Waals surface area contributed by atoms with Crippen LogP contribution in [-0.4, -0.2) is 29.3 Å². The van der Waals surface area contributed by atoms with Crippen molar-refractivity contribution in [2.45, 2.75) is 6.92 Å². The zero-order chi connectivity index (χ0) is 8.69. The number of hydrazine groups is 1. The highest BCUT2D eigenvalue weighted by Gasteiger charge is 1.96. The third kappa shape index (κ3) is 5.56. The maximum Gasteiger partial charge on any atom is 0.264 e. The Balaban J connectivity index is 3.38. The number of rotatable bonds is 2. The lowest BCUT2D eigenvalue weighted by atomic mass is 10.7. The zero-order valence-corrected chi connectivity index (χ0v) is 6.99. The number of thiocarbonyl (C=S) groups is 1. The summed E-state index contributed by atoms with van der Waals surface area (Å²) < 4.78 is 0. The largest absolute Gasteiger partial charge is 0.386 e. The van der Waals surface area contributed by atoms with E-state index < -0.39 is 12.5 Å². The third-order valence-corrected chi connectivity index (χ3v) is 1.04. The number of carbonyl (C=O) groups excluding carboxylic acids is 1. The Hall–Kier alpha value is -0.880. The van der Waals surface area contributed by atoms with E-state index in [-0.39, 0.29) is 0 Å². The van der Waals surface area contributed by atoms with Gasteiger partial charge in [0.25, 0.3) is 5.91 Å². The molecule has 0 aliphatic rings. The number of nitrogens with one attached hydrogen (secondary N) is 3. The topological polar surface area (TPSA) is 73.4 Å². The molecular weight excluding hydrogens is 166 g/mol. The number of aliphatic hydroxyl groups is 1. The van der Waals surface area contributed by atoms with E-state index in [1.807, 2.05) is 6.92 Å². The Morgan fingerprint density at radius 3 is 2.64 bits per heavy atom. The van der Waals surface area contributed by atoms with Gasteiger partial charge in [0.1, 0.15) is 6.61 Å². The normalized spacial score (nSPS) is 8.55. The van der Waals surface area contributed by atoms with Crippen LogP contribution in [0.15, 0.2) is 0 Å². The number of carbonyl (C=O) groups is 1. The number of aliphatic hydroxyl groups excluding tert-OH is 1. The van der Waals surface area contributed by atoms with Crippen molar-refractivity contribution in [2.75, 3.05) is 13.2 Å². The van der Waals surface area contributed by atoms with E-state index in [0.717, 1.165) is 0 Å². The molecule has 1 amide bonds. The smallest absolute Gasteiger partial charge is 0.264 e. The van der Waals surface area contributed by atoms with Crippen LogP contribution in [0.2, 0.25) is 0 Å². The van der Waals surface area contributed by atoms with Crippen LogP contribution in [0.5, 0.6) is 0 Å². The van der Waals surface area contributed by atoms with Crippen LogP contribution >= 0.6 is 12.2 Å². The van der Waals surface area contributed by atoms with Gasteiger partial charge in [0, 0.05) is 6.54 Å². The van der Waals surface area contributed by atoms with Crippen molar-refractivity contribution in [3.8, 4) is 0 Å². The summed E-state index contributed by atoms with van der Waals surface area (Å²) in [4.78, 5) is 10.4. The van der Waals surface area contributed by atoms with Gasteiger partial charge in [-0.25, -0.2) is 0 Å². The first-order chi connectivity index (χ1) is 5.20. The SMILES string of the molecule is CCNC(=S)NNC(=O)CO. The van der Waals surface area contributed by atoms with Gasteiger partial charge in [-0.15, -0.1) is 0 Å². The molecule has 11 heavy (non-hydrogen) atoms. The molecule has 0 saturated heterocycles. The second-order valence-corrected chi connectivity index (χ2v) is 2.10. The molecule has 0 unspecified atom stereocenters. The van der Waals surface area contributed by atoms with E-state index in [1.165, 1.54) is 0 Å². The molecule has 0 bridgehead atoms. The van der Waals surface area contributed by atoms with Crippen molar-refractivity contribution >= 4 is 23.2 Å². The summed E-state index contributed by atoms with van der Waals surface area (Å²) >= 11 is 4.70. The van der Waals surface area contributed by atoms with Crippen molar-refractivity contribution in [1.29, 1.82) is 0 Å². The van der Waals surface area contributed by atoms with Crippen LogP contribution in [0.25, 0.3) is 0 Å². The molecule has 0 aromatic carbocycles. The van der Waals surface area contributed by atoms with Gasteiger partial charge in [-0.1, -0.05) is 0 Å². The summed E-state index contributed by atoms with van der Waals surface area (Å²) in [5, 5.41) is 11.3. The molecule has 4 N–H and O–H groups in total. The summed E-state index contributed by atoms with van der Waals surface area (Å²) in [6.45, 7) is 2.00. The highest BCUT2D eigenvalue weighted by Crippen LogP contribution is 1.62. The summed E-state index contributed by atoms with van der Waals surface area (Å²) in [6.07, 6.45) is 0. The van der Waals surface area contributed by atoms with Gasteiger partial charge >= 0.3 is 0 Å². The number of hydrogen-bond donors (Lipinski definition) is 4. The molecular formula is C5H11N3O2S. The first-order valence-electron chi connectivity index (χ1n) is 3.14. The first-order valence-corrected chi connectivity index (χ1v) is 3.55. The lowest BCUT2D eigenvalue weighted by molar-refractivity contribution is -0.124. The Labute approximate surface area is 70.1 Å². The molecule has 0 heterocycles. The van der Waals surface area contributed by atoms with Crippen molar-refractivity contribution < 1.29 is 9.90 Å². The van der Waals surface area contributed by atoms with Crippen LogP contribution in [0.4, 0.5) is 0 Å². The lowest BCUT2D eigenvalue weighted by Gasteiger charge is -2.08. The summed E-state index contributed by atoms with van der Waals surface area (Å²) in [6, 6.07) is 0. The van der Waals surface area contributed by atoms with Gasteiger partial charge in [-0.3, -0.25) is 15.6 Å². The van der Waals surface area contributed by atoms with E-state index in [4.69, 9.17) is 17.3 Å². The van der Waals surface area contributed by atoms with Crippen LogP contribution in [0, 0.1) is 0 Å². The molecule has 0 atom stereocenters. The Morgan fingerprint density at radius 2 is 2.18 bits per heavy atom. The molecule has 64 valence electrons. The average Bonchev–Trinajstić information content (AvgIpc) is 2.01. The van der Waals surface area contributed by atoms with E-state index in [9.17, 15) is 4.79 Å². The molecule has 6 heteroatoms. The summed E-state index contributed by atoms with van der Waals surface area (Å²) in [7, 11) is 0. The quantitative estimate of drug-likeness (QED) is 0.305. The van der Waals surface area contributed by atoms with Gasteiger partial charge in [0.05, 0.1) is 0 Å². The molecule has 0 rings (SSSR count). The predicted octanol–water partition coefficient (Wildman–Crippen LogP) is -1.51. The van der Waals surface area contributed by atoms with Gasteiger partial charge in [-0.05, 0) is 19.1 Å². The van der Waals surface area contributed by atoms with E-state index >= 15 is 0 Å². The Kier molecular flexibility index (Phi) is 5.40. The van der Waals surface area contributed by atoms with Crippen LogP contribution in [0.1, 0.15) is 6.92 Å². The molecule has 0 spiro atoms. The summed E-state index contributed by atoms with van der Waals surface area (Å²) in [5.41, 5.74) is 4.57. The fourth-order valence-electron chi connectivity index (χ4n) is 0.371. The van der Waals surface area contributed by atoms with Crippen LogP contribution < -0.4 is 16.2 Å². The van der Waals surface area contributed by atoms with E-state index in [0.29, 0.717) is 11.7 Å². The molecule has 0 aromatic rings. The van der Waals surface area contributed by atoms with Crippen molar-refractivity contribution in [1.82, 2.24) is 16.2 Å². The fraction of sp³-hybridized carbons (Fsp3) is 0.600. The van der Waals surface area contributed by atoms with Crippen LogP contribution in [0.3, 0.4) is 0 Å². The van der Waals surface area contributed by atoms with Gasteiger partial charge < -0.3 is 10.4 Å². The van der Waals surface area contributed by atoms with Crippen molar-refractivity contribution in [2.24, 2.45) is 0 Å². The monoisotopic (exact) mass is 177 g/mol. The maximum absolute atomic E-state index is 10.4. The minimum absolute atomic E-state index is 0.328. The second kappa shape index (κ2) is 5.87. The van der Waals surface area contributed by atoms with E-state index in [1.54, 1.807) is 0 Å². The van der Waals surface area contributed by atoms with Gasteiger partial charge in [-0.2, -0.15) is 0 Å². The van der Waals surface area contributed by atoms with Crippen molar-refractivity contribution in [3.63, 3.8) is 0 Å². The van der Waals surface area contributed by atoms with Gasteiger partial charge in [0.15, 0.2) is 5.11 Å². The molecule has 0 radical (unpaired) electrons. The Bertz CT molecular complexity index is 151. The molecule has 5 nitrogen and oxygen atoms in total. The molecule has 0 aromatic heterocycles. The zero-order valence-electron chi connectivity index (χ0n) is 6.18. The second-order valence-electron chi connectivity index (χ2n) is 1.69. The number of hydrogen-bond acceptors (Lipinski definition) is 3. The fourth-order valence-corrected chi connectivity index (χ4v) is 0.566. The third-order valence-electron chi connectivity index (χ3n) is 0.796. The molecule has 0 aliphatic heterocycles. The van der Waals surface area contributed by atoms with Crippen molar-refractivity contribution in [3.05, 3.63) is 0 Å². The van der Waals surface area contributed by atoms with E-state index in [2.05, 4.69) is 16.2 Å².